The molecule has 3 amide bonds. The second-order valence-electron chi connectivity index (χ2n) is 7.55. The van der Waals surface area contributed by atoms with Crippen LogP contribution in [0.25, 0.3) is 10.9 Å². The monoisotopic (exact) mass is 451 g/mol. The van der Waals surface area contributed by atoms with Crippen LogP contribution in [0, 0.1) is 0 Å². The molecule has 3 aromatic rings. The quantitative estimate of drug-likeness (QED) is 0.543. The molecule has 0 atom stereocenters. The largest absolute Gasteiger partial charge is 0.493 e. The third-order valence-electron chi connectivity index (χ3n) is 5.45. The Hall–Kier alpha value is -4.08. The van der Waals surface area contributed by atoms with Crippen molar-refractivity contribution >= 4 is 34.2 Å². The molecule has 1 aliphatic heterocycles. The Morgan fingerprint density at radius 1 is 1.12 bits per heavy atom. The molecule has 0 aliphatic carbocycles. The Kier molecular flexibility index (Phi) is 6.43. The number of carbonyl (C=O) groups is 2. The number of anilines is 2. The van der Waals surface area contributed by atoms with E-state index in [1.54, 1.807) is 41.3 Å². The summed E-state index contributed by atoms with van der Waals surface area (Å²) in [7, 11) is 3.03. The number of amides is 3. The minimum atomic E-state index is -0.206. The van der Waals surface area contributed by atoms with Gasteiger partial charge in [0.25, 0.3) is 5.56 Å². The van der Waals surface area contributed by atoms with Crippen molar-refractivity contribution in [1.82, 2.24) is 14.9 Å². The van der Waals surface area contributed by atoms with Crippen LogP contribution in [0.15, 0.2) is 47.5 Å². The van der Waals surface area contributed by atoms with Crippen LogP contribution < -0.4 is 30.6 Å². The number of hydrogen-bond donors (Lipinski definition) is 2. The number of fused-ring (bicyclic) bond motifs is 1. The molecule has 0 spiro atoms. The van der Waals surface area contributed by atoms with Gasteiger partial charge < -0.3 is 20.1 Å². The molecule has 1 saturated heterocycles. The van der Waals surface area contributed by atoms with Crippen LogP contribution in [0.2, 0.25) is 0 Å². The Morgan fingerprint density at radius 2 is 1.85 bits per heavy atom. The van der Waals surface area contributed by atoms with Gasteiger partial charge in [-0.1, -0.05) is 0 Å². The number of aryl methyl sites for hydroxylation is 1. The zero-order valence-corrected chi connectivity index (χ0v) is 18.5. The molecule has 0 saturated carbocycles. The third kappa shape index (κ3) is 4.74. The van der Waals surface area contributed by atoms with E-state index in [0.717, 1.165) is 5.69 Å². The molecule has 10 nitrogen and oxygen atoms in total. The molecule has 33 heavy (non-hydrogen) atoms. The number of methoxy groups -OCH3 is 2. The van der Waals surface area contributed by atoms with Crippen LogP contribution in [0.1, 0.15) is 12.8 Å². The van der Waals surface area contributed by atoms with Gasteiger partial charge in [0.05, 0.1) is 31.4 Å². The van der Waals surface area contributed by atoms with Gasteiger partial charge in [-0.2, -0.15) is 0 Å². The van der Waals surface area contributed by atoms with Crippen LogP contribution in [-0.2, 0) is 11.3 Å². The summed E-state index contributed by atoms with van der Waals surface area (Å²) < 4.78 is 12.0. The average molecular weight is 451 g/mol. The van der Waals surface area contributed by atoms with Gasteiger partial charge in [0.2, 0.25) is 5.91 Å². The zero-order valence-electron chi connectivity index (χ0n) is 18.5. The normalized spacial score (nSPS) is 13.2. The molecule has 0 radical (unpaired) electrons. The molecular weight excluding hydrogens is 426 g/mol. The summed E-state index contributed by atoms with van der Waals surface area (Å²) in [4.78, 5) is 42.9. The first-order valence-corrected chi connectivity index (χ1v) is 10.6. The van der Waals surface area contributed by atoms with Crippen molar-refractivity contribution in [2.45, 2.75) is 19.4 Å². The first kappa shape index (κ1) is 22.1. The molecule has 4 rings (SSSR count). The third-order valence-corrected chi connectivity index (χ3v) is 5.45. The molecule has 1 aromatic heterocycles. The summed E-state index contributed by atoms with van der Waals surface area (Å²) in [6.45, 7) is 1.59. The van der Waals surface area contributed by atoms with Crippen molar-refractivity contribution in [3.05, 3.63) is 53.1 Å². The lowest BCUT2D eigenvalue weighted by Gasteiger charge is -2.14. The zero-order chi connectivity index (χ0) is 23.4. The van der Waals surface area contributed by atoms with Crippen molar-refractivity contribution in [3.63, 3.8) is 0 Å². The van der Waals surface area contributed by atoms with Crippen LogP contribution in [0.4, 0.5) is 16.2 Å². The highest BCUT2D eigenvalue weighted by atomic mass is 16.5. The minimum absolute atomic E-state index is 0.122. The molecule has 1 fully saturated rings. The number of rotatable bonds is 8. The fourth-order valence-corrected chi connectivity index (χ4v) is 3.72. The average Bonchev–Trinajstić information content (AvgIpc) is 3.26. The van der Waals surface area contributed by atoms with E-state index in [9.17, 15) is 14.4 Å². The summed E-state index contributed by atoms with van der Waals surface area (Å²) >= 11 is 0. The van der Waals surface area contributed by atoms with E-state index in [1.165, 1.54) is 25.1 Å². The van der Waals surface area contributed by atoms with Gasteiger partial charge in [0.15, 0.2) is 11.5 Å². The minimum Gasteiger partial charge on any atom is -0.493 e. The summed E-state index contributed by atoms with van der Waals surface area (Å²) in [6.07, 6.45) is 2.19. The molecule has 2 N–H and O–H groups in total. The van der Waals surface area contributed by atoms with Crippen molar-refractivity contribution in [2.24, 2.45) is 0 Å². The van der Waals surface area contributed by atoms with E-state index in [1.807, 2.05) is 0 Å². The summed E-state index contributed by atoms with van der Waals surface area (Å²) in [5.41, 5.74) is 1.73. The van der Waals surface area contributed by atoms with Crippen LogP contribution in [-0.4, -0.2) is 48.8 Å². The summed E-state index contributed by atoms with van der Waals surface area (Å²) in [6, 6.07) is 10.3. The highest BCUT2D eigenvalue weighted by molar-refractivity contribution is 5.95. The maximum absolute atomic E-state index is 12.8. The lowest BCUT2D eigenvalue weighted by atomic mass is 10.2. The first-order chi connectivity index (χ1) is 16.0. The fourth-order valence-electron chi connectivity index (χ4n) is 3.72. The second kappa shape index (κ2) is 9.60. The standard InChI is InChI=1S/C23H25N5O5/c1-32-19-12-17-18(13-20(19)33-2)25-14-27(22(17)30)10-3-4-21(29)26-15-5-7-16(8-6-15)28-11-9-24-23(28)31/h5-8,12-14H,3-4,9-11H2,1-2H3,(H,24,31)(H,26,29). The number of urea groups is 1. The maximum atomic E-state index is 12.8. The van der Waals surface area contributed by atoms with E-state index in [0.29, 0.717) is 54.1 Å². The number of carbonyl (C=O) groups excluding carboxylic acids is 2. The van der Waals surface area contributed by atoms with Gasteiger partial charge in [-0.3, -0.25) is 19.1 Å². The fraction of sp³-hybridized carbons (Fsp3) is 0.304. The second-order valence-corrected chi connectivity index (χ2v) is 7.55. The van der Waals surface area contributed by atoms with Crippen LogP contribution in [0.3, 0.4) is 0 Å². The molecule has 1 aliphatic rings. The molecule has 0 bridgehead atoms. The Morgan fingerprint density at radius 3 is 2.52 bits per heavy atom. The van der Waals surface area contributed by atoms with Crippen molar-refractivity contribution in [1.29, 1.82) is 0 Å². The first-order valence-electron chi connectivity index (χ1n) is 10.6. The van der Waals surface area contributed by atoms with Crippen molar-refractivity contribution < 1.29 is 19.1 Å². The Balaban J connectivity index is 1.35. The molecule has 0 unspecified atom stereocenters. The van der Waals surface area contributed by atoms with Crippen molar-refractivity contribution in [3.8, 4) is 11.5 Å². The number of aromatic nitrogens is 2. The number of hydrogen-bond acceptors (Lipinski definition) is 6. The maximum Gasteiger partial charge on any atom is 0.321 e. The van der Waals surface area contributed by atoms with Gasteiger partial charge in [-0.25, -0.2) is 9.78 Å². The number of ether oxygens (including phenoxy) is 2. The van der Waals surface area contributed by atoms with Gasteiger partial charge in [0.1, 0.15) is 0 Å². The lowest BCUT2D eigenvalue weighted by Crippen LogP contribution is -2.27. The molecular formula is C23H25N5O5. The number of nitrogens with zero attached hydrogens (tertiary/aromatic N) is 3. The van der Waals surface area contributed by atoms with E-state index < -0.39 is 0 Å². The van der Waals surface area contributed by atoms with Crippen molar-refractivity contribution in [2.75, 3.05) is 37.5 Å². The van der Waals surface area contributed by atoms with Crippen LogP contribution >= 0.6 is 0 Å². The Bertz CT molecular complexity index is 1240. The van der Waals surface area contributed by atoms with Gasteiger partial charge in [-0.05, 0) is 36.8 Å². The predicted molar refractivity (Wildman–Crippen MR) is 124 cm³/mol. The van der Waals surface area contributed by atoms with E-state index in [4.69, 9.17) is 9.47 Å². The van der Waals surface area contributed by atoms with Gasteiger partial charge in [0, 0.05) is 43.5 Å². The number of nitrogens with one attached hydrogen (secondary N) is 2. The molecule has 172 valence electrons. The summed E-state index contributed by atoms with van der Waals surface area (Å²) in [5.74, 6) is 0.801. The smallest absolute Gasteiger partial charge is 0.321 e. The topological polar surface area (TPSA) is 115 Å². The highest BCUT2D eigenvalue weighted by Gasteiger charge is 2.20. The van der Waals surface area contributed by atoms with E-state index in [-0.39, 0.29) is 23.9 Å². The number of benzene rings is 2. The highest BCUT2D eigenvalue weighted by Crippen LogP contribution is 2.29. The molecule has 2 aromatic carbocycles. The predicted octanol–water partition coefficient (Wildman–Crippen LogP) is 2.36. The molecule has 2 heterocycles. The molecule has 10 heteroatoms. The van der Waals surface area contributed by atoms with E-state index in [2.05, 4.69) is 15.6 Å². The SMILES string of the molecule is COc1cc2ncn(CCCC(=O)Nc3ccc(N4CCNC4=O)cc3)c(=O)c2cc1OC. The Labute approximate surface area is 190 Å². The van der Waals surface area contributed by atoms with Gasteiger partial charge in [-0.15, -0.1) is 0 Å². The summed E-state index contributed by atoms with van der Waals surface area (Å²) in [5, 5.41) is 6.01. The lowest BCUT2D eigenvalue weighted by molar-refractivity contribution is -0.116. The van der Waals surface area contributed by atoms with E-state index >= 15 is 0 Å². The van der Waals surface area contributed by atoms with Crippen LogP contribution in [0.5, 0.6) is 11.5 Å². The van der Waals surface area contributed by atoms with Gasteiger partial charge >= 0.3 is 6.03 Å².